The maximum Gasteiger partial charge on any atom is 0.185 e. The van der Waals surface area contributed by atoms with Gasteiger partial charge in [0.25, 0.3) is 0 Å². The van der Waals surface area contributed by atoms with Crippen molar-refractivity contribution in [1.82, 2.24) is 0 Å². The van der Waals surface area contributed by atoms with E-state index in [1.165, 1.54) is 6.07 Å². The Kier molecular flexibility index (Phi) is 4.50. The molecule has 0 aliphatic rings. The summed E-state index contributed by atoms with van der Waals surface area (Å²) in [6.45, 7) is 0.772. The first-order valence-corrected chi connectivity index (χ1v) is 4.73. The molecule has 0 aromatic heterocycles. The third kappa shape index (κ3) is 4.12. The van der Waals surface area contributed by atoms with E-state index in [9.17, 15) is 8.78 Å². The fourth-order valence-corrected chi connectivity index (χ4v) is 1.03. The lowest BCUT2D eigenvalue weighted by Crippen LogP contribution is -2.23. The molecule has 0 heterocycles. The van der Waals surface area contributed by atoms with E-state index in [-0.39, 0.29) is 11.7 Å². The van der Waals surface area contributed by atoms with Crippen LogP contribution in [0.25, 0.3) is 0 Å². The van der Waals surface area contributed by atoms with Gasteiger partial charge in [-0.25, -0.2) is 8.78 Å². The summed E-state index contributed by atoms with van der Waals surface area (Å²) in [6, 6.07) is 3.37. The predicted molar refractivity (Wildman–Crippen MR) is 57.1 cm³/mol. The first-order chi connectivity index (χ1) is 7.59. The van der Waals surface area contributed by atoms with Gasteiger partial charge >= 0.3 is 0 Å². The Morgan fingerprint density at radius 1 is 1.25 bits per heavy atom. The van der Waals surface area contributed by atoms with E-state index in [1.807, 2.05) is 0 Å². The zero-order valence-electron chi connectivity index (χ0n) is 8.62. The van der Waals surface area contributed by atoms with Crippen LogP contribution in [0.2, 0.25) is 0 Å². The van der Waals surface area contributed by atoms with E-state index >= 15 is 0 Å². The summed E-state index contributed by atoms with van der Waals surface area (Å²) < 4.78 is 30.5. The molecule has 0 aliphatic carbocycles. The number of nitrogens with two attached hydrogens (primary N) is 2. The molecule has 0 saturated heterocycles. The van der Waals surface area contributed by atoms with Gasteiger partial charge in [0.2, 0.25) is 0 Å². The van der Waals surface area contributed by atoms with Crippen LogP contribution in [0, 0.1) is 11.6 Å². The third-order valence-electron chi connectivity index (χ3n) is 1.76. The fraction of sp³-hybridized carbons (Fsp3) is 0.300. The summed E-state index contributed by atoms with van der Waals surface area (Å²) in [7, 11) is 0. The van der Waals surface area contributed by atoms with Gasteiger partial charge in [0.05, 0.1) is 6.61 Å². The van der Waals surface area contributed by atoms with Gasteiger partial charge in [0.1, 0.15) is 5.75 Å². The highest BCUT2D eigenvalue weighted by Crippen LogP contribution is 2.15. The molecule has 0 saturated carbocycles. The van der Waals surface area contributed by atoms with E-state index in [4.69, 9.17) is 16.2 Å². The van der Waals surface area contributed by atoms with Gasteiger partial charge < -0.3 is 16.2 Å². The number of halogens is 2. The molecule has 4 N–H and O–H groups in total. The molecule has 1 aromatic carbocycles. The Bertz CT molecular complexity index is 378. The second-order valence-electron chi connectivity index (χ2n) is 3.08. The molecule has 0 unspecified atom stereocenters. The predicted octanol–water partition coefficient (Wildman–Crippen LogP) is 1.01. The van der Waals surface area contributed by atoms with Crippen molar-refractivity contribution in [3.8, 4) is 5.75 Å². The van der Waals surface area contributed by atoms with Crippen molar-refractivity contribution in [2.24, 2.45) is 16.5 Å². The van der Waals surface area contributed by atoms with Gasteiger partial charge in [-0.3, -0.25) is 4.99 Å². The van der Waals surface area contributed by atoms with Gasteiger partial charge in [0.15, 0.2) is 17.6 Å². The van der Waals surface area contributed by atoms with E-state index in [1.54, 1.807) is 0 Å². The van der Waals surface area contributed by atoms with Crippen LogP contribution in [0.3, 0.4) is 0 Å². The minimum absolute atomic E-state index is 0.0211. The molecule has 1 rings (SSSR count). The number of hydrogen-bond acceptors (Lipinski definition) is 2. The number of nitrogens with zero attached hydrogens (tertiary/aromatic N) is 1. The molecule has 0 aliphatic heterocycles. The van der Waals surface area contributed by atoms with Crippen LogP contribution in [0.4, 0.5) is 8.78 Å². The maximum absolute atomic E-state index is 12.8. The number of ether oxygens (including phenoxy) is 1. The third-order valence-corrected chi connectivity index (χ3v) is 1.76. The average Bonchev–Trinajstić information content (AvgIpc) is 2.22. The van der Waals surface area contributed by atoms with Crippen LogP contribution in [0.5, 0.6) is 5.75 Å². The van der Waals surface area contributed by atoms with E-state index in [0.717, 1.165) is 12.1 Å². The van der Waals surface area contributed by atoms with Gasteiger partial charge in [-0.1, -0.05) is 0 Å². The zero-order chi connectivity index (χ0) is 12.0. The topological polar surface area (TPSA) is 73.6 Å². The highest BCUT2D eigenvalue weighted by atomic mass is 19.2. The smallest absolute Gasteiger partial charge is 0.185 e. The molecule has 1 aromatic rings. The number of guanidine groups is 1. The second-order valence-corrected chi connectivity index (χ2v) is 3.08. The van der Waals surface area contributed by atoms with Gasteiger partial charge in [-0.15, -0.1) is 0 Å². The molecular formula is C10H13F2N3O. The van der Waals surface area contributed by atoms with Crippen LogP contribution in [-0.2, 0) is 0 Å². The molecular weight excluding hydrogens is 216 g/mol. The summed E-state index contributed by atoms with van der Waals surface area (Å²) in [4.78, 5) is 3.75. The molecule has 4 nitrogen and oxygen atoms in total. The summed E-state index contributed by atoms with van der Waals surface area (Å²) in [5, 5.41) is 0. The molecule has 0 spiro atoms. The van der Waals surface area contributed by atoms with E-state index in [0.29, 0.717) is 19.6 Å². The van der Waals surface area contributed by atoms with Crippen molar-refractivity contribution >= 4 is 5.96 Å². The monoisotopic (exact) mass is 229 g/mol. The number of aliphatic imine (C=N–C) groups is 1. The molecule has 0 bridgehead atoms. The van der Waals surface area contributed by atoms with Crippen LogP contribution < -0.4 is 16.2 Å². The Morgan fingerprint density at radius 2 is 2.00 bits per heavy atom. The zero-order valence-corrected chi connectivity index (χ0v) is 8.62. The van der Waals surface area contributed by atoms with Crippen LogP contribution in [0.15, 0.2) is 23.2 Å². The standard InChI is InChI=1S/C10H13F2N3O/c11-8-3-2-7(6-9(8)12)16-5-1-4-15-10(13)14/h2-3,6H,1,4-5H2,(H4,13,14,15). The molecule has 0 amide bonds. The minimum atomic E-state index is -0.929. The quantitative estimate of drug-likeness (QED) is 0.449. The van der Waals surface area contributed by atoms with Crippen molar-refractivity contribution in [2.75, 3.05) is 13.2 Å². The summed E-state index contributed by atoms with van der Waals surface area (Å²) >= 11 is 0. The largest absolute Gasteiger partial charge is 0.493 e. The molecule has 0 radical (unpaired) electrons. The highest BCUT2D eigenvalue weighted by molar-refractivity contribution is 5.75. The average molecular weight is 229 g/mol. The maximum atomic E-state index is 12.8. The number of benzene rings is 1. The lowest BCUT2D eigenvalue weighted by atomic mass is 10.3. The van der Waals surface area contributed by atoms with Crippen molar-refractivity contribution in [3.05, 3.63) is 29.8 Å². The number of hydrogen-bond donors (Lipinski definition) is 2. The summed E-state index contributed by atoms with van der Waals surface area (Å²) in [6.07, 6.45) is 0.594. The van der Waals surface area contributed by atoms with Crippen molar-refractivity contribution in [2.45, 2.75) is 6.42 Å². The number of rotatable bonds is 5. The summed E-state index contributed by atoms with van der Waals surface area (Å²) in [5.74, 6) is -1.52. The molecule has 6 heteroatoms. The molecule has 0 fully saturated rings. The Balaban J connectivity index is 2.32. The van der Waals surface area contributed by atoms with Gasteiger partial charge in [-0.05, 0) is 12.1 Å². The fourth-order valence-electron chi connectivity index (χ4n) is 1.03. The SMILES string of the molecule is NC(N)=NCCCOc1ccc(F)c(F)c1. The Labute approximate surface area is 91.9 Å². The molecule has 0 atom stereocenters. The van der Waals surface area contributed by atoms with Crippen LogP contribution in [-0.4, -0.2) is 19.1 Å². The van der Waals surface area contributed by atoms with Gasteiger partial charge in [-0.2, -0.15) is 0 Å². The van der Waals surface area contributed by atoms with Crippen LogP contribution in [0.1, 0.15) is 6.42 Å². The molecule has 16 heavy (non-hydrogen) atoms. The van der Waals surface area contributed by atoms with E-state index < -0.39 is 11.6 Å². The Hall–Kier alpha value is -1.85. The molecule has 88 valence electrons. The lowest BCUT2D eigenvalue weighted by molar-refractivity contribution is 0.310. The van der Waals surface area contributed by atoms with Crippen molar-refractivity contribution < 1.29 is 13.5 Å². The normalized spacial score (nSPS) is 9.88. The van der Waals surface area contributed by atoms with Crippen LogP contribution >= 0.6 is 0 Å². The first kappa shape index (κ1) is 12.2. The van der Waals surface area contributed by atoms with E-state index in [2.05, 4.69) is 4.99 Å². The van der Waals surface area contributed by atoms with Crippen molar-refractivity contribution in [3.63, 3.8) is 0 Å². The lowest BCUT2D eigenvalue weighted by Gasteiger charge is -2.05. The summed E-state index contributed by atoms with van der Waals surface area (Å²) in [5.41, 5.74) is 10.2. The Morgan fingerprint density at radius 3 is 2.62 bits per heavy atom. The first-order valence-electron chi connectivity index (χ1n) is 4.73. The van der Waals surface area contributed by atoms with Gasteiger partial charge in [0, 0.05) is 19.0 Å². The second kappa shape index (κ2) is 5.89. The highest BCUT2D eigenvalue weighted by Gasteiger charge is 2.02. The minimum Gasteiger partial charge on any atom is -0.493 e. The van der Waals surface area contributed by atoms with Crippen molar-refractivity contribution in [1.29, 1.82) is 0 Å².